The molecule has 2 amide bonds. The number of hydrogen-bond acceptors (Lipinski definition) is 8. The number of hydrogen-bond donors (Lipinski definition) is 1. The Morgan fingerprint density at radius 1 is 1.08 bits per heavy atom. The van der Waals surface area contributed by atoms with Gasteiger partial charge in [-0.2, -0.15) is 4.31 Å². The number of carbonyl (C=O) groups is 2. The van der Waals surface area contributed by atoms with Crippen LogP contribution in [-0.4, -0.2) is 53.6 Å². The number of aromatic nitrogens is 1. The number of sulfonamides is 1. The highest BCUT2D eigenvalue weighted by Gasteiger charge is 2.39. The van der Waals surface area contributed by atoms with Crippen molar-refractivity contribution in [2.45, 2.75) is 49.4 Å². The Morgan fingerprint density at radius 2 is 1.92 bits per heavy atom. The Morgan fingerprint density at radius 3 is 2.68 bits per heavy atom. The van der Waals surface area contributed by atoms with E-state index in [4.69, 9.17) is 4.98 Å². The maximum absolute atomic E-state index is 13.7. The number of anilines is 1. The third-order valence-corrected chi connectivity index (χ3v) is 12.5. The molecule has 38 heavy (non-hydrogen) atoms. The van der Waals surface area contributed by atoms with Crippen LogP contribution in [0.15, 0.2) is 46.0 Å². The molecule has 8 nitrogen and oxygen atoms in total. The van der Waals surface area contributed by atoms with Gasteiger partial charge in [0, 0.05) is 30.5 Å². The molecule has 1 fully saturated rings. The summed E-state index contributed by atoms with van der Waals surface area (Å²) in [6.07, 6.45) is 2.65. The third kappa shape index (κ3) is 4.58. The fraction of sp³-hybridized carbons (Fsp3) is 0.346. The van der Waals surface area contributed by atoms with E-state index >= 15 is 0 Å². The van der Waals surface area contributed by atoms with E-state index in [1.165, 1.54) is 27.0 Å². The molecule has 6 rings (SSSR count). The normalized spacial score (nSPS) is 18.4. The molecule has 1 atom stereocenters. The maximum Gasteiger partial charge on any atom is 0.253 e. The molecule has 4 aromatic rings. The summed E-state index contributed by atoms with van der Waals surface area (Å²) in [5, 5.41) is 6.34. The van der Waals surface area contributed by atoms with Crippen molar-refractivity contribution in [2.24, 2.45) is 0 Å². The van der Waals surface area contributed by atoms with Crippen LogP contribution < -0.4 is 5.32 Å². The topological polar surface area (TPSA) is 99.7 Å². The first-order valence-electron chi connectivity index (χ1n) is 12.4. The van der Waals surface area contributed by atoms with Gasteiger partial charge < -0.3 is 10.2 Å². The van der Waals surface area contributed by atoms with Gasteiger partial charge >= 0.3 is 0 Å². The smallest absolute Gasteiger partial charge is 0.253 e. The molecule has 0 aliphatic carbocycles. The standard InChI is InChI=1S/C26H26N4O4S4/c1-16(31)29-13-11-17-21(15-29)37-26(23(17)25-27-18-7-2-3-9-20(18)36-25)28-24(32)19-8-4-5-12-30(19)38(33,34)22-10-6-14-35-22/h2-3,6-7,9-10,14,19H,4-5,8,11-13,15H2,1H3,(H,28,32). The van der Waals surface area contributed by atoms with Gasteiger partial charge in [-0.3, -0.25) is 9.59 Å². The van der Waals surface area contributed by atoms with Crippen molar-refractivity contribution in [1.82, 2.24) is 14.2 Å². The van der Waals surface area contributed by atoms with Gasteiger partial charge in [0.1, 0.15) is 20.3 Å². The summed E-state index contributed by atoms with van der Waals surface area (Å²) in [5.41, 5.74) is 2.89. The van der Waals surface area contributed by atoms with Gasteiger partial charge in [0.25, 0.3) is 10.0 Å². The minimum absolute atomic E-state index is 0.0211. The van der Waals surface area contributed by atoms with Gasteiger partial charge in [0.05, 0.1) is 16.8 Å². The second-order valence-corrected chi connectivity index (χ2v) is 14.6. The van der Waals surface area contributed by atoms with Gasteiger partial charge in [0.2, 0.25) is 11.8 Å². The van der Waals surface area contributed by atoms with Crippen LogP contribution in [-0.2, 0) is 32.6 Å². The van der Waals surface area contributed by atoms with E-state index in [2.05, 4.69) is 5.32 Å². The summed E-state index contributed by atoms with van der Waals surface area (Å²) in [5.74, 6) is -0.304. The van der Waals surface area contributed by atoms with Gasteiger partial charge in [-0.25, -0.2) is 13.4 Å². The Bertz CT molecular complexity index is 1590. The fourth-order valence-corrected chi connectivity index (χ4v) is 10.3. The van der Waals surface area contributed by atoms with Crippen molar-refractivity contribution in [3.8, 4) is 10.6 Å². The number of carbonyl (C=O) groups excluding carboxylic acids is 2. The predicted molar refractivity (Wildman–Crippen MR) is 152 cm³/mol. The molecule has 0 spiro atoms. The summed E-state index contributed by atoms with van der Waals surface area (Å²) in [6.45, 7) is 2.99. The molecule has 5 heterocycles. The van der Waals surface area contributed by atoms with Crippen LogP contribution in [0.25, 0.3) is 20.8 Å². The molecule has 12 heteroatoms. The number of thiazole rings is 1. The van der Waals surface area contributed by atoms with E-state index in [9.17, 15) is 18.0 Å². The first-order chi connectivity index (χ1) is 18.3. The number of thiophene rings is 2. The second-order valence-electron chi connectivity index (χ2n) is 9.43. The molecule has 3 aromatic heterocycles. The lowest BCUT2D eigenvalue weighted by molar-refractivity contribution is -0.129. The zero-order valence-corrected chi connectivity index (χ0v) is 23.9. The Hall–Kier alpha value is -2.64. The zero-order chi connectivity index (χ0) is 26.4. The van der Waals surface area contributed by atoms with Crippen molar-refractivity contribution in [3.63, 3.8) is 0 Å². The summed E-state index contributed by atoms with van der Waals surface area (Å²) >= 11 is 4.20. The number of fused-ring (bicyclic) bond motifs is 2. The van der Waals surface area contributed by atoms with Crippen molar-refractivity contribution < 1.29 is 18.0 Å². The molecule has 1 unspecified atom stereocenters. The van der Waals surface area contributed by atoms with Gasteiger partial charge in [-0.05, 0) is 48.4 Å². The number of benzene rings is 1. The minimum atomic E-state index is -3.76. The molecule has 0 bridgehead atoms. The van der Waals surface area contributed by atoms with Crippen LogP contribution in [0, 0.1) is 0 Å². The highest BCUT2D eigenvalue weighted by atomic mass is 32.2. The average molecular weight is 587 g/mol. The summed E-state index contributed by atoms with van der Waals surface area (Å²) in [6, 6.07) is 10.4. The van der Waals surface area contributed by atoms with Gasteiger partial charge in [-0.1, -0.05) is 24.6 Å². The van der Waals surface area contributed by atoms with Crippen LogP contribution in [0.5, 0.6) is 0 Å². The Kier molecular flexibility index (Phi) is 6.85. The number of para-hydroxylation sites is 1. The van der Waals surface area contributed by atoms with E-state index in [1.807, 2.05) is 29.2 Å². The summed E-state index contributed by atoms with van der Waals surface area (Å²) < 4.78 is 29.4. The molecule has 0 radical (unpaired) electrons. The number of nitrogens with one attached hydrogen (secondary N) is 1. The van der Waals surface area contributed by atoms with E-state index < -0.39 is 16.1 Å². The lowest BCUT2D eigenvalue weighted by atomic mass is 10.0. The van der Waals surface area contributed by atoms with Crippen LogP contribution in [0.2, 0.25) is 0 Å². The number of nitrogens with zero attached hydrogens (tertiary/aromatic N) is 3. The molecular weight excluding hydrogens is 561 g/mol. The predicted octanol–water partition coefficient (Wildman–Crippen LogP) is 5.17. The second kappa shape index (κ2) is 10.2. The van der Waals surface area contributed by atoms with Gasteiger partial charge in [0.15, 0.2) is 0 Å². The SMILES string of the molecule is CC(=O)N1CCc2c(sc(NC(=O)C3CCCCN3S(=O)(=O)c3cccs3)c2-c2nc3ccccc3s2)C1. The monoisotopic (exact) mass is 586 g/mol. The summed E-state index contributed by atoms with van der Waals surface area (Å²) in [7, 11) is -3.76. The maximum atomic E-state index is 13.7. The van der Waals surface area contributed by atoms with E-state index in [-0.39, 0.29) is 16.0 Å². The summed E-state index contributed by atoms with van der Waals surface area (Å²) in [4.78, 5) is 33.5. The van der Waals surface area contributed by atoms with Crippen molar-refractivity contribution >= 4 is 71.1 Å². The van der Waals surface area contributed by atoms with E-state index in [0.29, 0.717) is 37.5 Å². The quantitative estimate of drug-likeness (QED) is 0.348. The lowest BCUT2D eigenvalue weighted by Gasteiger charge is -2.33. The van der Waals surface area contributed by atoms with Crippen LogP contribution in [0.1, 0.15) is 36.6 Å². The van der Waals surface area contributed by atoms with Crippen LogP contribution in [0.3, 0.4) is 0 Å². The van der Waals surface area contributed by atoms with Crippen LogP contribution in [0.4, 0.5) is 5.00 Å². The van der Waals surface area contributed by atoms with Crippen molar-refractivity contribution in [2.75, 3.05) is 18.4 Å². The molecule has 2 aliphatic rings. The number of rotatable bonds is 5. The molecule has 198 valence electrons. The fourth-order valence-electron chi connectivity index (χ4n) is 5.14. The van der Waals surface area contributed by atoms with Crippen molar-refractivity contribution in [3.05, 3.63) is 52.2 Å². The van der Waals surface area contributed by atoms with E-state index in [0.717, 1.165) is 44.1 Å². The molecule has 1 saturated heterocycles. The lowest BCUT2D eigenvalue weighted by Crippen LogP contribution is -2.49. The molecular formula is C26H26N4O4S4. The molecule has 1 aromatic carbocycles. The van der Waals surface area contributed by atoms with Crippen LogP contribution >= 0.6 is 34.0 Å². The highest BCUT2D eigenvalue weighted by molar-refractivity contribution is 7.91. The third-order valence-electron chi connectivity index (χ3n) is 7.06. The van der Waals surface area contributed by atoms with E-state index in [1.54, 1.807) is 35.8 Å². The molecule has 2 aliphatic heterocycles. The number of piperidine rings is 1. The molecule has 1 N–H and O–H groups in total. The Labute approximate surface area is 233 Å². The largest absolute Gasteiger partial charge is 0.337 e. The Balaban J connectivity index is 1.37. The number of amides is 2. The van der Waals surface area contributed by atoms with Crippen molar-refractivity contribution in [1.29, 1.82) is 0 Å². The van der Waals surface area contributed by atoms with Gasteiger partial charge in [-0.15, -0.1) is 34.0 Å². The first-order valence-corrected chi connectivity index (χ1v) is 16.4. The minimum Gasteiger partial charge on any atom is -0.337 e. The average Bonchev–Trinajstić information content (AvgIpc) is 3.66. The zero-order valence-electron chi connectivity index (χ0n) is 20.7. The molecule has 0 saturated carbocycles. The first kappa shape index (κ1) is 25.6. The highest BCUT2D eigenvalue weighted by Crippen LogP contribution is 2.46.